The van der Waals surface area contributed by atoms with E-state index in [1.807, 2.05) is 36.4 Å². The molecule has 0 aliphatic rings. The number of carboxylic acid groups (broad SMARTS) is 1. The second-order valence-corrected chi connectivity index (χ2v) is 5.58. The van der Waals surface area contributed by atoms with E-state index in [4.69, 9.17) is 20.0 Å². The second-order valence-electron chi connectivity index (χ2n) is 5.58. The Hall–Kier alpha value is -2.57. The number of aliphatic carboxylic acids is 1. The summed E-state index contributed by atoms with van der Waals surface area (Å²) in [7, 11) is 1.65. The molecule has 4 N–H and O–H groups in total. The van der Waals surface area contributed by atoms with Crippen molar-refractivity contribution < 1.29 is 24.2 Å². The predicted octanol–water partition coefficient (Wildman–Crippen LogP) is 3.67. The third-order valence-electron chi connectivity index (χ3n) is 3.55. The van der Waals surface area contributed by atoms with Gasteiger partial charge < -0.3 is 25.1 Å². The molecule has 142 valence electrons. The van der Waals surface area contributed by atoms with Gasteiger partial charge in [0.15, 0.2) is 0 Å². The minimum absolute atomic E-state index is 0.186. The number of furan rings is 1. The molecule has 1 aromatic heterocycles. The van der Waals surface area contributed by atoms with Crippen LogP contribution in [0.5, 0.6) is 5.75 Å². The second kappa shape index (κ2) is 12.7. The fourth-order valence-electron chi connectivity index (χ4n) is 2.07. The van der Waals surface area contributed by atoms with Crippen molar-refractivity contribution >= 4 is 5.97 Å². The summed E-state index contributed by atoms with van der Waals surface area (Å²) in [4.78, 5) is 10.2. The zero-order chi connectivity index (χ0) is 19.2. The lowest BCUT2D eigenvalue weighted by molar-refractivity contribution is -0.137. The van der Waals surface area contributed by atoms with Gasteiger partial charge in [0.25, 0.3) is 0 Å². The smallest absolute Gasteiger partial charge is 0.303 e. The maximum atomic E-state index is 10.2. The van der Waals surface area contributed by atoms with Crippen molar-refractivity contribution in [3.63, 3.8) is 0 Å². The number of methoxy groups -OCH3 is 1. The number of nitrogens with two attached hydrogens (primary N) is 1. The molecule has 1 heterocycles. The molecule has 2 aromatic rings. The maximum Gasteiger partial charge on any atom is 0.303 e. The van der Waals surface area contributed by atoms with E-state index in [9.17, 15) is 9.90 Å². The Morgan fingerprint density at radius 1 is 1.27 bits per heavy atom. The molecule has 0 bridgehead atoms. The molecule has 2 rings (SSSR count). The molecule has 0 aliphatic carbocycles. The lowest BCUT2D eigenvalue weighted by atomic mass is 10.1. The van der Waals surface area contributed by atoms with Crippen LogP contribution >= 0.6 is 0 Å². The van der Waals surface area contributed by atoms with Crippen molar-refractivity contribution in [2.24, 2.45) is 5.73 Å². The monoisotopic (exact) mass is 361 g/mol. The Labute approximate surface area is 153 Å². The molecule has 0 aliphatic heterocycles. The van der Waals surface area contributed by atoms with Gasteiger partial charge in [-0.05, 0) is 49.1 Å². The number of carboxylic acids is 1. The third kappa shape index (κ3) is 9.05. The lowest BCUT2D eigenvalue weighted by Crippen LogP contribution is -1.95. The SMILES string of the molecule is COc1ccc(CN)cc1.O=C(O)CCCC=CCC(O)c1ccco1. The highest BCUT2D eigenvalue weighted by atomic mass is 16.5. The number of aliphatic hydroxyl groups is 1. The number of allylic oxidation sites excluding steroid dienone is 1. The summed E-state index contributed by atoms with van der Waals surface area (Å²) in [6.07, 6.45) is 6.65. The molecular formula is C20H27NO5. The fourth-order valence-corrected chi connectivity index (χ4v) is 2.07. The summed E-state index contributed by atoms with van der Waals surface area (Å²) in [6.45, 7) is 0.587. The Bertz CT molecular complexity index is 612. The molecule has 6 nitrogen and oxygen atoms in total. The normalized spacial score (nSPS) is 11.7. The molecule has 0 fully saturated rings. The van der Waals surface area contributed by atoms with E-state index in [-0.39, 0.29) is 6.42 Å². The van der Waals surface area contributed by atoms with Crippen molar-refractivity contribution in [3.8, 4) is 5.75 Å². The zero-order valence-corrected chi connectivity index (χ0v) is 15.0. The number of hydrogen-bond donors (Lipinski definition) is 3. The minimum atomic E-state index is -0.774. The van der Waals surface area contributed by atoms with Gasteiger partial charge in [-0.3, -0.25) is 4.79 Å². The average molecular weight is 361 g/mol. The van der Waals surface area contributed by atoms with Gasteiger partial charge in [0.05, 0.1) is 13.4 Å². The van der Waals surface area contributed by atoms with Gasteiger partial charge in [-0.15, -0.1) is 0 Å². The van der Waals surface area contributed by atoms with Crippen LogP contribution in [0.4, 0.5) is 0 Å². The number of ether oxygens (including phenoxy) is 1. The number of hydrogen-bond acceptors (Lipinski definition) is 5. The van der Waals surface area contributed by atoms with E-state index < -0.39 is 12.1 Å². The van der Waals surface area contributed by atoms with Gasteiger partial charge in [0.2, 0.25) is 0 Å². The van der Waals surface area contributed by atoms with Gasteiger partial charge >= 0.3 is 5.97 Å². The number of unbranched alkanes of at least 4 members (excludes halogenated alkanes) is 1. The van der Waals surface area contributed by atoms with Gasteiger partial charge in [-0.25, -0.2) is 0 Å². The average Bonchev–Trinajstić information content (AvgIpc) is 3.19. The maximum absolute atomic E-state index is 10.2. The number of benzene rings is 1. The van der Waals surface area contributed by atoms with Crippen molar-refractivity contribution in [3.05, 3.63) is 66.1 Å². The molecule has 0 amide bonds. The van der Waals surface area contributed by atoms with Gasteiger partial charge in [-0.2, -0.15) is 0 Å². The minimum Gasteiger partial charge on any atom is -0.497 e. The molecule has 0 saturated heterocycles. The zero-order valence-electron chi connectivity index (χ0n) is 15.0. The van der Waals surface area contributed by atoms with Crippen LogP contribution in [0.2, 0.25) is 0 Å². The van der Waals surface area contributed by atoms with E-state index in [0.29, 0.717) is 25.1 Å². The molecule has 1 unspecified atom stereocenters. The topological polar surface area (TPSA) is 106 Å². The van der Waals surface area contributed by atoms with Crippen LogP contribution in [0.15, 0.2) is 59.2 Å². The van der Waals surface area contributed by atoms with E-state index in [2.05, 4.69) is 0 Å². The number of carbonyl (C=O) groups is 1. The van der Waals surface area contributed by atoms with Crippen LogP contribution in [0.3, 0.4) is 0 Å². The van der Waals surface area contributed by atoms with Crippen LogP contribution in [0, 0.1) is 0 Å². The summed E-state index contributed by atoms with van der Waals surface area (Å²) >= 11 is 0. The van der Waals surface area contributed by atoms with Crippen molar-refractivity contribution in [1.82, 2.24) is 0 Å². The number of aliphatic hydroxyl groups excluding tert-OH is 1. The number of rotatable bonds is 9. The van der Waals surface area contributed by atoms with E-state index in [0.717, 1.165) is 17.7 Å². The quantitative estimate of drug-likeness (QED) is 0.465. The molecule has 0 saturated carbocycles. The lowest BCUT2D eigenvalue weighted by Gasteiger charge is -2.02. The van der Waals surface area contributed by atoms with Crippen LogP contribution < -0.4 is 10.5 Å². The molecule has 1 aromatic carbocycles. The Morgan fingerprint density at radius 2 is 2.00 bits per heavy atom. The van der Waals surface area contributed by atoms with Crippen molar-refractivity contribution in [2.45, 2.75) is 38.3 Å². The van der Waals surface area contributed by atoms with Gasteiger partial charge in [0.1, 0.15) is 17.6 Å². The van der Waals surface area contributed by atoms with Gasteiger partial charge in [0, 0.05) is 13.0 Å². The first-order chi connectivity index (χ1) is 12.6. The van der Waals surface area contributed by atoms with Crippen LogP contribution in [-0.2, 0) is 11.3 Å². The van der Waals surface area contributed by atoms with E-state index >= 15 is 0 Å². The highest BCUT2D eigenvalue weighted by Gasteiger charge is 2.07. The van der Waals surface area contributed by atoms with Crippen LogP contribution in [0.25, 0.3) is 0 Å². The first kappa shape index (κ1) is 21.5. The molecule has 0 spiro atoms. The first-order valence-electron chi connectivity index (χ1n) is 8.48. The Morgan fingerprint density at radius 3 is 2.54 bits per heavy atom. The highest BCUT2D eigenvalue weighted by Crippen LogP contribution is 2.17. The Balaban J connectivity index is 0.000000289. The summed E-state index contributed by atoms with van der Waals surface area (Å²) in [5.41, 5.74) is 6.53. The molecule has 6 heteroatoms. The van der Waals surface area contributed by atoms with Gasteiger partial charge in [-0.1, -0.05) is 24.3 Å². The third-order valence-corrected chi connectivity index (χ3v) is 3.55. The molecule has 1 atom stereocenters. The fraction of sp³-hybridized carbons (Fsp3) is 0.350. The largest absolute Gasteiger partial charge is 0.497 e. The van der Waals surface area contributed by atoms with Crippen LogP contribution in [-0.4, -0.2) is 23.3 Å². The highest BCUT2D eigenvalue weighted by molar-refractivity contribution is 5.66. The first-order valence-corrected chi connectivity index (χ1v) is 8.48. The Kier molecular flexibility index (Phi) is 10.5. The molecular weight excluding hydrogens is 334 g/mol. The molecule has 26 heavy (non-hydrogen) atoms. The summed E-state index contributed by atoms with van der Waals surface area (Å²) in [5.74, 6) is 0.649. The van der Waals surface area contributed by atoms with E-state index in [1.54, 1.807) is 19.2 Å². The summed E-state index contributed by atoms with van der Waals surface area (Å²) < 4.78 is 10.0. The predicted molar refractivity (Wildman–Crippen MR) is 99.8 cm³/mol. The van der Waals surface area contributed by atoms with Crippen molar-refractivity contribution in [2.75, 3.05) is 7.11 Å². The standard InChI is InChI=1S/C12H16O4.C8H11NO/c13-10(11-7-5-9-16-11)6-3-1-2-4-8-12(14)15;1-10-8-4-2-7(6-9)3-5-8/h1,3,5,7,9-10,13H,2,4,6,8H2,(H,14,15);2-5H,6,9H2,1H3. The van der Waals surface area contributed by atoms with Crippen molar-refractivity contribution in [1.29, 1.82) is 0 Å². The van der Waals surface area contributed by atoms with Crippen LogP contribution in [0.1, 0.15) is 43.1 Å². The molecule has 0 radical (unpaired) electrons. The van der Waals surface area contributed by atoms with E-state index in [1.165, 1.54) is 6.26 Å². The summed E-state index contributed by atoms with van der Waals surface area (Å²) in [6, 6.07) is 11.2. The summed E-state index contributed by atoms with van der Waals surface area (Å²) in [5, 5.41) is 18.0.